The lowest BCUT2D eigenvalue weighted by molar-refractivity contribution is 0.0731. The van der Waals surface area contributed by atoms with Gasteiger partial charge in [-0.15, -0.1) is 0 Å². The third-order valence-corrected chi connectivity index (χ3v) is 4.55. The van der Waals surface area contributed by atoms with Crippen LogP contribution >= 0.6 is 0 Å². The number of ether oxygens (including phenoxy) is 1. The van der Waals surface area contributed by atoms with Crippen LogP contribution in [0.3, 0.4) is 0 Å². The van der Waals surface area contributed by atoms with Crippen molar-refractivity contribution in [2.24, 2.45) is 7.05 Å². The van der Waals surface area contributed by atoms with Gasteiger partial charge in [0.05, 0.1) is 17.8 Å². The third kappa shape index (κ3) is 2.84. The summed E-state index contributed by atoms with van der Waals surface area (Å²) in [6.45, 7) is 5.42. The first-order chi connectivity index (χ1) is 11.4. The Bertz CT molecular complexity index is 780. The van der Waals surface area contributed by atoms with Crippen LogP contribution in [0.1, 0.15) is 27.3 Å². The molecular weight excluding hydrogens is 304 g/mol. The Balaban J connectivity index is 1.93. The van der Waals surface area contributed by atoms with E-state index in [0.717, 1.165) is 28.4 Å². The SMILES string of the molecule is Cc1nn(C)c(C)c1C(=O)N1CCOc2ccc(N(C)C)cc2C1. The summed E-state index contributed by atoms with van der Waals surface area (Å²) in [6, 6.07) is 6.11. The third-order valence-electron chi connectivity index (χ3n) is 4.55. The van der Waals surface area contributed by atoms with Crippen molar-refractivity contribution in [1.82, 2.24) is 14.7 Å². The van der Waals surface area contributed by atoms with Gasteiger partial charge in [-0.1, -0.05) is 0 Å². The maximum atomic E-state index is 13.0. The van der Waals surface area contributed by atoms with Gasteiger partial charge < -0.3 is 14.5 Å². The molecular formula is C18H24N4O2. The number of rotatable bonds is 2. The molecule has 0 spiro atoms. The number of anilines is 1. The summed E-state index contributed by atoms with van der Waals surface area (Å²) >= 11 is 0. The molecule has 0 aliphatic carbocycles. The van der Waals surface area contributed by atoms with Crippen molar-refractivity contribution in [3.8, 4) is 5.75 Å². The zero-order valence-electron chi connectivity index (χ0n) is 15.0. The Labute approximate surface area is 142 Å². The molecule has 6 nitrogen and oxygen atoms in total. The van der Waals surface area contributed by atoms with Gasteiger partial charge in [0.25, 0.3) is 5.91 Å². The van der Waals surface area contributed by atoms with Gasteiger partial charge in [0, 0.05) is 44.6 Å². The topological polar surface area (TPSA) is 50.6 Å². The van der Waals surface area contributed by atoms with Crippen LogP contribution in [0.25, 0.3) is 0 Å². The number of nitrogens with zero attached hydrogens (tertiary/aromatic N) is 4. The normalized spacial score (nSPS) is 14.0. The maximum absolute atomic E-state index is 13.0. The van der Waals surface area contributed by atoms with Crippen LogP contribution in [0, 0.1) is 13.8 Å². The molecule has 1 aliphatic heterocycles. The zero-order chi connectivity index (χ0) is 17.4. The van der Waals surface area contributed by atoms with Crippen LogP contribution in [0.4, 0.5) is 5.69 Å². The Morgan fingerprint density at radius 3 is 2.67 bits per heavy atom. The smallest absolute Gasteiger partial charge is 0.258 e. The molecule has 2 heterocycles. The van der Waals surface area contributed by atoms with Crippen molar-refractivity contribution in [2.45, 2.75) is 20.4 Å². The second-order valence-electron chi connectivity index (χ2n) is 6.43. The largest absolute Gasteiger partial charge is 0.491 e. The number of benzene rings is 1. The van der Waals surface area contributed by atoms with Crippen LogP contribution < -0.4 is 9.64 Å². The molecule has 0 fully saturated rings. The quantitative estimate of drug-likeness (QED) is 0.847. The molecule has 0 saturated carbocycles. The van der Waals surface area contributed by atoms with E-state index in [1.165, 1.54) is 0 Å². The second-order valence-corrected chi connectivity index (χ2v) is 6.43. The van der Waals surface area contributed by atoms with Crippen molar-refractivity contribution in [2.75, 3.05) is 32.1 Å². The number of hydrogen-bond donors (Lipinski definition) is 0. The first kappa shape index (κ1) is 16.4. The lowest BCUT2D eigenvalue weighted by Crippen LogP contribution is -2.33. The number of hydrogen-bond acceptors (Lipinski definition) is 4. The van der Waals surface area contributed by atoms with Crippen molar-refractivity contribution in [3.63, 3.8) is 0 Å². The summed E-state index contributed by atoms with van der Waals surface area (Å²) in [4.78, 5) is 16.9. The Morgan fingerprint density at radius 1 is 1.29 bits per heavy atom. The molecule has 0 atom stereocenters. The molecule has 0 saturated heterocycles. The number of carbonyl (C=O) groups excluding carboxylic acids is 1. The van der Waals surface area contributed by atoms with Crippen LogP contribution in [-0.4, -0.2) is 47.8 Å². The number of amides is 1. The fourth-order valence-electron chi connectivity index (χ4n) is 3.07. The van der Waals surface area contributed by atoms with E-state index in [-0.39, 0.29) is 5.91 Å². The summed E-state index contributed by atoms with van der Waals surface area (Å²) in [5, 5.41) is 4.36. The highest BCUT2D eigenvalue weighted by molar-refractivity contribution is 5.96. The first-order valence-electron chi connectivity index (χ1n) is 8.11. The van der Waals surface area contributed by atoms with E-state index in [2.05, 4.69) is 11.2 Å². The molecule has 0 radical (unpaired) electrons. The minimum Gasteiger partial charge on any atom is -0.491 e. The fraction of sp³-hybridized carbons (Fsp3) is 0.444. The highest BCUT2D eigenvalue weighted by Crippen LogP contribution is 2.28. The molecule has 1 amide bonds. The summed E-state index contributed by atoms with van der Waals surface area (Å²) in [6.07, 6.45) is 0. The van der Waals surface area contributed by atoms with Crippen LogP contribution in [0.2, 0.25) is 0 Å². The highest BCUT2D eigenvalue weighted by atomic mass is 16.5. The van der Waals surface area contributed by atoms with Gasteiger partial charge in [0.15, 0.2) is 0 Å². The number of fused-ring (bicyclic) bond motifs is 1. The molecule has 0 unspecified atom stereocenters. The zero-order valence-corrected chi connectivity index (χ0v) is 15.0. The van der Waals surface area contributed by atoms with E-state index >= 15 is 0 Å². The van der Waals surface area contributed by atoms with Crippen LogP contribution in [-0.2, 0) is 13.6 Å². The fourth-order valence-corrected chi connectivity index (χ4v) is 3.07. The van der Waals surface area contributed by atoms with Gasteiger partial charge in [0.2, 0.25) is 0 Å². The van der Waals surface area contributed by atoms with Crippen molar-refractivity contribution in [1.29, 1.82) is 0 Å². The van der Waals surface area contributed by atoms with Gasteiger partial charge in [-0.05, 0) is 32.0 Å². The Morgan fingerprint density at radius 2 is 2.04 bits per heavy atom. The summed E-state index contributed by atoms with van der Waals surface area (Å²) in [7, 11) is 5.87. The van der Waals surface area contributed by atoms with Crippen LogP contribution in [0.15, 0.2) is 18.2 Å². The van der Waals surface area contributed by atoms with Crippen molar-refractivity contribution >= 4 is 11.6 Å². The van der Waals surface area contributed by atoms with Gasteiger partial charge in [-0.25, -0.2) is 0 Å². The molecule has 0 N–H and O–H groups in total. The van der Waals surface area contributed by atoms with E-state index in [1.54, 1.807) is 4.68 Å². The number of aromatic nitrogens is 2. The lowest BCUT2D eigenvalue weighted by Gasteiger charge is -2.21. The molecule has 0 bridgehead atoms. The predicted molar refractivity (Wildman–Crippen MR) is 93.7 cm³/mol. The lowest BCUT2D eigenvalue weighted by atomic mass is 10.1. The summed E-state index contributed by atoms with van der Waals surface area (Å²) in [5.74, 6) is 0.875. The monoisotopic (exact) mass is 328 g/mol. The van der Waals surface area contributed by atoms with Crippen molar-refractivity contribution < 1.29 is 9.53 Å². The van der Waals surface area contributed by atoms with E-state index in [1.807, 2.05) is 56.9 Å². The molecule has 2 aromatic rings. The maximum Gasteiger partial charge on any atom is 0.258 e. The standard InChI is InChI=1S/C18H24N4O2/c1-12-17(13(2)21(5)19-12)18(23)22-8-9-24-16-7-6-15(20(3)4)10-14(16)11-22/h6-7,10H,8-9,11H2,1-5H3. The number of carbonyl (C=O) groups is 1. The first-order valence-corrected chi connectivity index (χ1v) is 8.11. The molecule has 24 heavy (non-hydrogen) atoms. The van der Waals surface area contributed by atoms with Gasteiger partial charge in [-0.2, -0.15) is 5.10 Å². The molecule has 128 valence electrons. The van der Waals surface area contributed by atoms with Gasteiger partial charge in [-0.3, -0.25) is 9.48 Å². The molecule has 1 aromatic heterocycles. The van der Waals surface area contributed by atoms with Crippen molar-refractivity contribution in [3.05, 3.63) is 40.7 Å². The number of aryl methyl sites for hydroxylation is 2. The second kappa shape index (κ2) is 6.19. The summed E-state index contributed by atoms with van der Waals surface area (Å²) in [5.41, 5.74) is 4.49. The molecule has 1 aromatic carbocycles. The van der Waals surface area contributed by atoms with Crippen LogP contribution in [0.5, 0.6) is 5.75 Å². The van der Waals surface area contributed by atoms with E-state index < -0.39 is 0 Å². The Kier molecular flexibility index (Phi) is 4.22. The molecule has 3 rings (SSSR count). The molecule has 1 aliphatic rings. The minimum atomic E-state index is 0.0183. The average molecular weight is 328 g/mol. The van der Waals surface area contributed by atoms with Gasteiger partial charge >= 0.3 is 0 Å². The predicted octanol–water partition coefficient (Wildman–Crippen LogP) is 2.14. The Hall–Kier alpha value is -2.50. The average Bonchev–Trinajstić information content (AvgIpc) is 2.71. The minimum absolute atomic E-state index is 0.0183. The van der Waals surface area contributed by atoms with E-state index in [0.29, 0.717) is 25.3 Å². The highest BCUT2D eigenvalue weighted by Gasteiger charge is 2.26. The van der Waals surface area contributed by atoms with E-state index in [4.69, 9.17) is 4.74 Å². The molecule has 6 heteroatoms. The van der Waals surface area contributed by atoms with E-state index in [9.17, 15) is 4.79 Å². The summed E-state index contributed by atoms with van der Waals surface area (Å²) < 4.78 is 7.59. The van der Waals surface area contributed by atoms with Gasteiger partial charge in [0.1, 0.15) is 12.4 Å².